The van der Waals surface area contributed by atoms with Gasteiger partial charge in [-0.2, -0.15) is 0 Å². The molecule has 0 unspecified atom stereocenters. The number of carboxylic acids is 1. The van der Waals surface area contributed by atoms with Gasteiger partial charge in [-0.25, -0.2) is 4.79 Å². The molecule has 0 saturated heterocycles. The van der Waals surface area contributed by atoms with Crippen LogP contribution in [0.4, 0.5) is 0 Å². The highest BCUT2D eigenvalue weighted by Gasteiger charge is 2.11. The average Bonchev–Trinajstić information content (AvgIpc) is 2.51. The van der Waals surface area contributed by atoms with Crippen LogP contribution < -0.4 is 9.47 Å². The zero-order chi connectivity index (χ0) is 16.8. The molecule has 1 N–H and O–H groups in total. The van der Waals surface area contributed by atoms with Crippen LogP contribution in [0, 0.1) is 6.92 Å². The van der Waals surface area contributed by atoms with Crippen LogP contribution >= 0.6 is 11.6 Å². The van der Waals surface area contributed by atoms with E-state index in [-0.39, 0.29) is 0 Å². The molecule has 0 amide bonds. The first-order chi connectivity index (χ1) is 11.0. The van der Waals surface area contributed by atoms with Crippen LogP contribution in [0.1, 0.15) is 16.7 Å². The smallest absolute Gasteiger partial charge is 0.328 e. The minimum atomic E-state index is -1.03. The molecule has 5 heteroatoms. The molecule has 0 bridgehead atoms. The van der Waals surface area contributed by atoms with Crippen LogP contribution in [0.25, 0.3) is 6.08 Å². The minimum absolute atomic E-state index is 0.363. The van der Waals surface area contributed by atoms with E-state index in [1.54, 1.807) is 12.1 Å². The van der Waals surface area contributed by atoms with Crippen molar-refractivity contribution < 1.29 is 19.4 Å². The fraction of sp³-hybridized carbons (Fsp3) is 0.167. The molecule has 120 valence electrons. The highest BCUT2D eigenvalue weighted by Crippen LogP contribution is 2.37. The van der Waals surface area contributed by atoms with Crippen LogP contribution in [-0.4, -0.2) is 18.2 Å². The lowest BCUT2D eigenvalue weighted by molar-refractivity contribution is -0.131. The van der Waals surface area contributed by atoms with Crippen molar-refractivity contribution in [1.82, 2.24) is 0 Å². The summed E-state index contributed by atoms with van der Waals surface area (Å²) in [6, 6.07) is 11.3. The number of halogens is 1. The molecule has 0 aliphatic rings. The van der Waals surface area contributed by atoms with Gasteiger partial charge in [0.2, 0.25) is 0 Å². The van der Waals surface area contributed by atoms with E-state index < -0.39 is 5.97 Å². The fourth-order valence-electron chi connectivity index (χ4n) is 2.10. The molecule has 0 aliphatic carbocycles. The van der Waals surface area contributed by atoms with Gasteiger partial charge in [0.15, 0.2) is 11.5 Å². The molecule has 4 nitrogen and oxygen atoms in total. The van der Waals surface area contributed by atoms with Gasteiger partial charge in [0.25, 0.3) is 0 Å². The summed E-state index contributed by atoms with van der Waals surface area (Å²) < 4.78 is 11.1. The van der Waals surface area contributed by atoms with Gasteiger partial charge in [-0.3, -0.25) is 0 Å². The second-order valence-electron chi connectivity index (χ2n) is 4.98. The molecule has 23 heavy (non-hydrogen) atoms. The lowest BCUT2D eigenvalue weighted by Gasteiger charge is -2.13. The Morgan fingerprint density at radius 1 is 1.30 bits per heavy atom. The number of rotatable bonds is 6. The van der Waals surface area contributed by atoms with E-state index in [0.29, 0.717) is 28.7 Å². The van der Waals surface area contributed by atoms with Gasteiger partial charge in [0, 0.05) is 6.08 Å². The Bertz CT molecular complexity index is 738. The molecule has 0 aromatic heterocycles. The van der Waals surface area contributed by atoms with E-state index in [9.17, 15) is 4.79 Å². The molecule has 2 rings (SSSR count). The van der Waals surface area contributed by atoms with Crippen molar-refractivity contribution in [2.45, 2.75) is 13.5 Å². The van der Waals surface area contributed by atoms with Crippen LogP contribution in [0.2, 0.25) is 5.02 Å². The number of aryl methyl sites for hydroxylation is 1. The fourth-order valence-corrected chi connectivity index (χ4v) is 2.37. The predicted octanol–water partition coefficient (Wildman–Crippen LogP) is 4.33. The molecular formula is C18H17ClO4. The molecule has 0 saturated carbocycles. The lowest BCUT2D eigenvalue weighted by Crippen LogP contribution is -1.99. The van der Waals surface area contributed by atoms with E-state index in [0.717, 1.165) is 17.2 Å². The highest BCUT2D eigenvalue weighted by molar-refractivity contribution is 6.32. The number of methoxy groups -OCH3 is 1. The quantitative estimate of drug-likeness (QED) is 0.800. The largest absolute Gasteiger partial charge is 0.493 e. The number of hydrogen-bond donors (Lipinski definition) is 1. The second-order valence-corrected chi connectivity index (χ2v) is 5.39. The summed E-state index contributed by atoms with van der Waals surface area (Å²) in [5.41, 5.74) is 2.80. The van der Waals surface area contributed by atoms with Gasteiger partial charge in [-0.15, -0.1) is 0 Å². The molecule has 2 aromatic carbocycles. The Morgan fingerprint density at radius 3 is 2.74 bits per heavy atom. The first-order valence-electron chi connectivity index (χ1n) is 6.96. The van der Waals surface area contributed by atoms with Crippen molar-refractivity contribution >= 4 is 23.6 Å². The summed E-state index contributed by atoms with van der Waals surface area (Å²) in [5, 5.41) is 9.05. The van der Waals surface area contributed by atoms with Crippen LogP contribution in [0.3, 0.4) is 0 Å². The van der Waals surface area contributed by atoms with Crippen LogP contribution in [0.15, 0.2) is 42.5 Å². The van der Waals surface area contributed by atoms with Gasteiger partial charge in [-0.05, 0) is 36.3 Å². The summed E-state index contributed by atoms with van der Waals surface area (Å²) in [5.74, 6) is -0.141. The van der Waals surface area contributed by atoms with E-state index in [4.69, 9.17) is 26.2 Å². The average molecular weight is 333 g/mol. The summed E-state index contributed by atoms with van der Waals surface area (Å²) in [4.78, 5) is 10.6. The SMILES string of the molecule is COc1cc(C=CC(=O)O)cc(Cl)c1OCc1cccc(C)c1. The van der Waals surface area contributed by atoms with Gasteiger partial charge in [0.1, 0.15) is 6.61 Å². The number of aliphatic carboxylic acids is 1. The number of carbonyl (C=O) groups is 1. The molecule has 0 atom stereocenters. The van der Waals surface area contributed by atoms with Crippen molar-refractivity contribution in [1.29, 1.82) is 0 Å². The number of hydrogen-bond acceptors (Lipinski definition) is 3. The van der Waals surface area contributed by atoms with Crippen molar-refractivity contribution in [3.63, 3.8) is 0 Å². The summed E-state index contributed by atoms with van der Waals surface area (Å²) in [7, 11) is 1.51. The lowest BCUT2D eigenvalue weighted by atomic mass is 10.1. The van der Waals surface area contributed by atoms with Crippen LogP contribution in [-0.2, 0) is 11.4 Å². The number of ether oxygens (including phenoxy) is 2. The Morgan fingerprint density at radius 2 is 2.09 bits per heavy atom. The summed E-state index contributed by atoms with van der Waals surface area (Å²) in [6.45, 7) is 2.38. The van der Waals surface area contributed by atoms with Gasteiger partial charge >= 0.3 is 5.97 Å². The van der Waals surface area contributed by atoms with Crippen LogP contribution in [0.5, 0.6) is 11.5 Å². The standard InChI is InChI=1S/C18H17ClO4/c1-12-4-3-5-14(8-12)11-23-18-15(19)9-13(6-7-17(20)21)10-16(18)22-2/h3-10H,11H2,1-2H3,(H,20,21). The van der Waals surface area contributed by atoms with E-state index in [1.807, 2.05) is 31.2 Å². The first-order valence-corrected chi connectivity index (χ1v) is 7.34. The third-order valence-electron chi connectivity index (χ3n) is 3.14. The molecular weight excluding hydrogens is 316 g/mol. The van der Waals surface area contributed by atoms with Crippen molar-refractivity contribution in [3.05, 3.63) is 64.2 Å². The number of benzene rings is 2. The van der Waals surface area contributed by atoms with E-state index >= 15 is 0 Å². The van der Waals surface area contributed by atoms with Gasteiger partial charge in [0.05, 0.1) is 12.1 Å². The third kappa shape index (κ3) is 4.76. The van der Waals surface area contributed by atoms with E-state index in [1.165, 1.54) is 13.2 Å². The maximum atomic E-state index is 10.6. The Balaban J connectivity index is 2.22. The second kappa shape index (κ2) is 7.70. The molecule has 0 aliphatic heterocycles. The van der Waals surface area contributed by atoms with E-state index in [2.05, 4.69) is 0 Å². The monoisotopic (exact) mass is 332 g/mol. The molecule has 0 heterocycles. The van der Waals surface area contributed by atoms with Gasteiger partial charge in [-0.1, -0.05) is 41.4 Å². The third-order valence-corrected chi connectivity index (χ3v) is 3.42. The zero-order valence-electron chi connectivity index (χ0n) is 12.9. The van der Waals surface area contributed by atoms with Gasteiger partial charge < -0.3 is 14.6 Å². The van der Waals surface area contributed by atoms with Crippen molar-refractivity contribution in [2.75, 3.05) is 7.11 Å². The zero-order valence-corrected chi connectivity index (χ0v) is 13.6. The minimum Gasteiger partial charge on any atom is -0.493 e. The molecule has 0 spiro atoms. The topological polar surface area (TPSA) is 55.8 Å². The maximum Gasteiger partial charge on any atom is 0.328 e. The summed E-state index contributed by atoms with van der Waals surface area (Å²) >= 11 is 6.24. The number of carboxylic acid groups (broad SMARTS) is 1. The molecule has 0 fully saturated rings. The predicted molar refractivity (Wildman–Crippen MR) is 90.2 cm³/mol. The first kappa shape index (κ1) is 16.9. The Hall–Kier alpha value is -2.46. The summed E-state index contributed by atoms with van der Waals surface area (Å²) in [6.07, 6.45) is 2.49. The Kier molecular flexibility index (Phi) is 5.66. The Labute approximate surface area is 139 Å². The molecule has 2 aromatic rings. The van der Waals surface area contributed by atoms with Crippen molar-refractivity contribution in [2.24, 2.45) is 0 Å². The van der Waals surface area contributed by atoms with Crippen molar-refractivity contribution in [3.8, 4) is 11.5 Å². The molecule has 0 radical (unpaired) electrons. The highest BCUT2D eigenvalue weighted by atomic mass is 35.5. The maximum absolute atomic E-state index is 10.6. The normalized spacial score (nSPS) is 10.7.